The number of rotatable bonds is 4. The van der Waals surface area contributed by atoms with Gasteiger partial charge in [0.15, 0.2) is 0 Å². The second kappa shape index (κ2) is 6.22. The van der Waals surface area contributed by atoms with Gasteiger partial charge in [-0.1, -0.05) is 12.1 Å². The second-order valence-electron chi connectivity index (χ2n) is 4.14. The molecule has 1 aromatic carbocycles. The van der Waals surface area contributed by atoms with Crippen molar-refractivity contribution in [2.24, 2.45) is 5.73 Å². The van der Waals surface area contributed by atoms with Crippen LogP contribution >= 0.6 is 11.3 Å². The van der Waals surface area contributed by atoms with Crippen LogP contribution in [0.15, 0.2) is 35.3 Å². The molecule has 20 heavy (non-hydrogen) atoms. The molecule has 0 radical (unpaired) electrons. The summed E-state index contributed by atoms with van der Waals surface area (Å²) in [5.74, 6) is 0.794. The van der Waals surface area contributed by atoms with Crippen LogP contribution in [-0.4, -0.2) is 11.6 Å². The minimum absolute atomic E-state index is 0.418. The van der Waals surface area contributed by atoms with E-state index in [0.717, 1.165) is 16.3 Å². The van der Waals surface area contributed by atoms with E-state index in [2.05, 4.69) is 11.1 Å². The zero-order valence-electron chi connectivity index (χ0n) is 11.4. The Labute approximate surface area is 122 Å². The molecule has 0 amide bonds. The zero-order valence-corrected chi connectivity index (χ0v) is 12.2. The fraction of sp³-hybridized carbons (Fsp3) is 0.200. The summed E-state index contributed by atoms with van der Waals surface area (Å²) in [7, 11) is 0. The molecule has 2 aromatic rings. The third-order valence-electron chi connectivity index (χ3n) is 2.68. The first-order valence-corrected chi connectivity index (χ1v) is 7.09. The van der Waals surface area contributed by atoms with Crippen molar-refractivity contribution in [3.63, 3.8) is 0 Å². The number of nitrogens with two attached hydrogens (primary N) is 1. The quantitative estimate of drug-likeness (QED) is 0.874. The minimum atomic E-state index is 0.418. The Kier molecular flexibility index (Phi) is 4.38. The van der Waals surface area contributed by atoms with E-state index in [4.69, 9.17) is 15.7 Å². The fourth-order valence-corrected chi connectivity index (χ4v) is 2.62. The number of nitriles is 1. The Bertz CT molecular complexity index is 678. The first-order chi connectivity index (χ1) is 9.67. The summed E-state index contributed by atoms with van der Waals surface area (Å²) in [5.41, 5.74) is 8.13. The highest BCUT2D eigenvalue weighted by atomic mass is 32.1. The highest BCUT2D eigenvalue weighted by Gasteiger charge is 2.13. The molecule has 0 aliphatic rings. The van der Waals surface area contributed by atoms with Crippen molar-refractivity contribution in [1.29, 1.82) is 5.26 Å². The molecule has 2 rings (SSSR count). The minimum Gasteiger partial charge on any atom is -0.493 e. The number of thiazole rings is 1. The summed E-state index contributed by atoms with van der Waals surface area (Å²) in [5, 5.41) is 11.8. The molecule has 4 nitrogen and oxygen atoms in total. The van der Waals surface area contributed by atoms with Gasteiger partial charge >= 0.3 is 0 Å². The lowest BCUT2D eigenvalue weighted by molar-refractivity contribution is 0.341. The first kappa shape index (κ1) is 14.1. The third-order valence-corrected chi connectivity index (χ3v) is 3.56. The van der Waals surface area contributed by atoms with E-state index in [1.54, 1.807) is 6.92 Å². The van der Waals surface area contributed by atoms with Gasteiger partial charge in [0, 0.05) is 11.1 Å². The average molecular weight is 285 g/mol. The van der Waals surface area contributed by atoms with Gasteiger partial charge in [0.25, 0.3) is 0 Å². The molecule has 0 aliphatic carbocycles. The molecule has 0 saturated heterocycles. The van der Waals surface area contributed by atoms with E-state index in [9.17, 15) is 0 Å². The molecule has 0 fully saturated rings. The molecule has 0 bridgehead atoms. The maximum absolute atomic E-state index is 9.12. The van der Waals surface area contributed by atoms with Crippen LogP contribution < -0.4 is 10.5 Å². The second-order valence-corrected chi connectivity index (χ2v) is 4.99. The molecule has 0 unspecified atom stereocenters. The molecule has 1 heterocycles. The Morgan fingerprint density at radius 2 is 2.20 bits per heavy atom. The van der Waals surface area contributed by atoms with Crippen LogP contribution in [-0.2, 0) is 0 Å². The highest BCUT2D eigenvalue weighted by Crippen LogP contribution is 2.33. The summed E-state index contributed by atoms with van der Waals surface area (Å²) >= 11 is 1.47. The van der Waals surface area contributed by atoms with Gasteiger partial charge in [-0.25, -0.2) is 4.98 Å². The zero-order chi connectivity index (χ0) is 14.5. The predicted octanol–water partition coefficient (Wildman–Crippen LogP) is 3.42. The molecule has 0 spiro atoms. The lowest BCUT2D eigenvalue weighted by Gasteiger charge is -2.07. The van der Waals surface area contributed by atoms with Crippen molar-refractivity contribution >= 4 is 16.9 Å². The normalized spacial score (nSPS) is 11.7. The number of hydrogen-bond acceptors (Lipinski definition) is 5. The van der Waals surface area contributed by atoms with E-state index in [1.165, 1.54) is 11.3 Å². The van der Waals surface area contributed by atoms with E-state index in [1.807, 2.05) is 36.6 Å². The SMILES string of the molecule is CCOc1ccccc1-c1nc(C(C#N)=C(C)N)cs1. The van der Waals surface area contributed by atoms with Crippen LogP contribution in [0.25, 0.3) is 16.1 Å². The number of aromatic nitrogens is 1. The van der Waals surface area contributed by atoms with Crippen LogP contribution in [0.1, 0.15) is 19.5 Å². The Hall–Kier alpha value is -2.32. The van der Waals surface area contributed by atoms with Gasteiger partial charge in [0.2, 0.25) is 0 Å². The summed E-state index contributed by atoms with van der Waals surface area (Å²) < 4.78 is 5.60. The Balaban J connectivity index is 2.45. The Morgan fingerprint density at radius 1 is 1.45 bits per heavy atom. The molecule has 102 valence electrons. The molecule has 5 heteroatoms. The molecule has 0 saturated carbocycles. The van der Waals surface area contributed by atoms with E-state index < -0.39 is 0 Å². The molecular formula is C15H15N3OS. The predicted molar refractivity (Wildman–Crippen MR) is 81.1 cm³/mol. The van der Waals surface area contributed by atoms with E-state index in [-0.39, 0.29) is 0 Å². The average Bonchev–Trinajstić information content (AvgIpc) is 2.89. The molecule has 0 aliphatic heterocycles. The maximum Gasteiger partial charge on any atom is 0.129 e. The summed E-state index contributed by atoms with van der Waals surface area (Å²) in [6, 6.07) is 9.82. The lowest BCUT2D eigenvalue weighted by Crippen LogP contribution is -1.97. The molecule has 1 aromatic heterocycles. The van der Waals surface area contributed by atoms with E-state index >= 15 is 0 Å². The van der Waals surface area contributed by atoms with Gasteiger partial charge in [-0.3, -0.25) is 0 Å². The number of hydrogen-bond donors (Lipinski definition) is 1. The van der Waals surface area contributed by atoms with Crippen LogP contribution in [0.3, 0.4) is 0 Å². The van der Waals surface area contributed by atoms with Gasteiger partial charge in [-0.15, -0.1) is 11.3 Å². The largest absolute Gasteiger partial charge is 0.493 e. The number of ether oxygens (including phenoxy) is 1. The van der Waals surface area contributed by atoms with Crippen LogP contribution in [0, 0.1) is 11.3 Å². The van der Waals surface area contributed by atoms with Crippen molar-refractivity contribution < 1.29 is 4.74 Å². The molecule has 2 N–H and O–H groups in total. The van der Waals surface area contributed by atoms with Gasteiger partial charge in [-0.2, -0.15) is 5.26 Å². The third kappa shape index (κ3) is 2.81. The van der Waals surface area contributed by atoms with Gasteiger partial charge in [0.05, 0.1) is 23.4 Å². The van der Waals surface area contributed by atoms with Crippen molar-refractivity contribution in [3.05, 3.63) is 41.0 Å². The smallest absolute Gasteiger partial charge is 0.129 e. The summed E-state index contributed by atoms with van der Waals surface area (Å²) in [6.07, 6.45) is 0. The number of nitrogens with zero attached hydrogens (tertiary/aromatic N) is 2. The topological polar surface area (TPSA) is 71.9 Å². The maximum atomic E-state index is 9.12. The number of allylic oxidation sites excluding steroid dienone is 2. The summed E-state index contributed by atoms with van der Waals surface area (Å²) in [4.78, 5) is 4.49. The van der Waals surface area contributed by atoms with Crippen LogP contribution in [0.2, 0.25) is 0 Å². The van der Waals surface area contributed by atoms with Gasteiger partial charge in [-0.05, 0) is 26.0 Å². The fourth-order valence-electron chi connectivity index (χ4n) is 1.78. The lowest BCUT2D eigenvalue weighted by atomic mass is 10.2. The van der Waals surface area contributed by atoms with Crippen molar-refractivity contribution in [2.45, 2.75) is 13.8 Å². The first-order valence-electron chi connectivity index (χ1n) is 6.22. The standard InChI is InChI=1S/C15H15N3OS/c1-3-19-14-7-5-4-6-11(14)15-18-13(9-20-15)12(8-16)10(2)17/h4-7,9H,3,17H2,1-2H3. The summed E-state index contributed by atoms with van der Waals surface area (Å²) in [6.45, 7) is 4.24. The number of benzene rings is 1. The van der Waals surface area contributed by atoms with Gasteiger partial charge in [0.1, 0.15) is 16.8 Å². The van der Waals surface area contributed by atoms with Crippen molar-refractivity contribution in [1.82, 2.24) is 4.98 Å². The monoisotopic (exact) mass is 285 g/mol. The van der Waals surface area contributed by atoms with Gasteiger partial charge < -0.3 is 10.5 Å². The van der Waals surface area contributed by atoms with Crippen LogP contribution in [0.4, 0.5) is 0 Å². The molecular weight excluding hydrogens is 270 g/mol. The van der Waals surface area contributed by atoms with Crippen molar-refractivity contribution in [3.8, 4) is 22.4 Å². The number of para-hydroxylation sites is 1. The van der Waals surface area contributed by atoms with Crippen molar-refractivity contribution in [2.75, 3.05) is 6.61 Å². The van der Waals surface area contributed by atoms with E-state index in [0.29, 0.717) is 23.6 Å². The molecule has 0 atom stereocenters. The van der Waals surface area contributed by atoms with Crippen LogP contribution in [0.5, 0.6) is 5.75 Å². The highest BCUT2D eigenvalue weighted by molar-refractivity contribution is 7.13. The Morgan fingerprint density at radius 3 is 2.85 bits per heavy atom.